The Morgan fingerprint density at radius 1 is 1.00 bits per heavy atom. The summed E-state index contributed by atoms with van der Waals surface area (Å²) in [6.07, 6.45) is 0. The minimum absolute atomic E-state index is 0.0402. The third-order valence-corrected chi connectivity index (χ3v) is 5.43. The zero-order valence-electron chi connectivity index (χ0n) is 17.1. The minimum Gasteiger partial charge on any atom is -0.354 e. The first kappa shape index (κ1) is 22.0. The van der Waals surface area contributed by atoms with E-state index in [0.29, 0.717) is 24.8 Å². The average Bonchev–Trinajstić information content (AvgIpc) is 2.69. The highest BCUT2D eigenvalue weighted by Crippen LogP contribution is 2.20. The minimum atomic E-state index is -0.523. The molecule has 5 heteroatoms. The Kier molecular flexibility index (Phi) is 8.58. The summed E-state index contributed by atoms with van der Waals surface area (Å²) in [7, 11) is 0. The van der Waals surface area contributed by atoms with Gasteiger partial charge in [-0.15, -0.1) is 11.8 Å². The summed E-state index contributed by atoms with van der Waals surface area (Å²) in [6, 6.07) is 17.4. The van der Waals surface area contributed by atoms with Crippen molar-refractivity contribution >= 4 is 23.6 Å². The Labute approximate surface area is 172 Å². The number of carbonyl (C=O) groups excluding carboxylic acids is 2. The molecule has 0 saturated carbocycles. The number of aryl methyl sites for hydroxylation is 1. The molecule has 0 heterocycles. The molecular weight excluding hydrogens is 368 g/mol. The smallest absolute Gasteiger partial charge is 0.242 e. The maximum absolute atomic E-state index is 13.0. The van der Waals surface area contributed by atoms with Gasteiger partial charge < -0.3 is 10.2 Å². The van der Waals surface area contributed by atoms with Crippen molar-refractivity contribution in [3.63, 3.8) is 0 Å². The van der Waals surface area contributed by atoms with E-state index in [1.165, 1.54) is 17.3 Å². The van der Waals surface area contributed by atoms with Gasteiger partial charge in [0.2, 0.25) is 11.8 Å². The highest BCUT2D eigenvalue weighted by Gasteiger charge is 2.26. The van der Waals surface area contributed by atoms with E-state index in [2.05, 4.69) is 19.2 Å². The van der Waals surface area contributed by atoms with Crippen molar-refractivity contribution in [2.45, 2.75) is 45.2 Å². The molecule has 2 aromatic carbocycles. The molecule has 150 valence electrons. The SMILES string of the molecule is Cc1ccc(SCC(=O)N(Cc2ccccc2)[C@H](C)C(=O)NCC(C)C)cc1. The molecule has 1 N–H and O–H groups in total. The van der Waals surface area contributed by atoms with E-state index < -0.39 is 6.04 Å². The lowest BCUT2D eigenvalue weighted by molar-refractivity contribution is -0.138. The summed E-state index contributed by atoms with van der Waals surface area (Å²) < 4.78 is 0. The zero-order valence-corrected chi connectivity index (χ0v) is 18.0. The third kappa shape index (κ3) is 7.04. The van der Waals surface area contributed by atoms with Crippen LogP contribution in [0.5, 0.6) is 0 Å². The maximum atomic E-state index is 13.0. The number of amides is 2. The standard InChI is InChI=1S/C23H30N2O2S/c1-17(2)14-24-23(27)19(4)25(15-20-8-6-5-7-9-20)22(26)16-28-21-12-10-18(3)11-13-21/h5-13,17,19H,14-16H2,1-4H3,(H,24,27)/t19-/m1/s1. The summed E-state index contributed by atoms with van der Waals surface area (Å²) in [5.74, 6) is 0.518. The fourth-order valence-corrected chi connectivity index (χ4v) is 3.46. The average molecular weight is 399 g/mol. The third-order valence-electron chi connectivity index (χ3n) is 4.43. The van der Waals surface area contributed by atoms with Gasteiger partial charge in [0.15, 0.2) is 0 Å². The fraction of sp³-hybridized carbons (Fsp3) is 0.391. The quantitative estimate of drug-likeness (QED) is 0.642. The molecule has 2 amide bonds. The van der Waals surface area contributed by atoms with E-state index in [0.717, 1.165) is 10.5 Å². The van der Waals surface area contributed by atoms with Crippen LogP contribution in [-0.4, -0.2) is 35.1 Å². The van der Waals surface area contributed by atoms with Gasteiger partial charge in [-0.1, -0.05) is 61.9 Å². The predicted molar refractivity (Wildman–Crippen MR) is 116 cm³/mol. The predicted octanol–water partition coefficient (Wildman–Crippen LogP) is 4.28. The van der Waals surface area contributed by atoms with Crippen LogP contribution >= 0.6 is 11.8 Å². The van der Waals surface area contributed by atoms with Gasteiger partial charge in [0.05, 0.1) is 5.75 Å². The second-order valence-corrected chi connectivity index (χ2v) is 8.47. The van der Waals surface area contributed by atoms with Crippen molar-refractivity contribution in [1.82, 2.24) is 10.2 Å². The first-order valence-electron chi connectivity index (χ1n) is 9.67. The second kappa shape index (κ2) is 10.9. The van der Waals surface area contributed by atoms with Crippen LogP contribution in [0.4, 0.5) is 0 Å². The van der Waals surface area contributed by atoms with Crippen LogP contribution in [0.25, 0.3) is 0 Å². The molecule has 0 saturated heterocycles. The Hall–Kier alpha value is -2.27. The molecule has 0 fully saturated rings. The van der Waals surface area contributed by atoms with Crippen LogP contribution in [0.15, 0.2) is 59.5 Å². The Bertz CT molecular complexity index is 760. The number of nitrogens with zero attached hydrogens (tertiary/aromatic N) is 1. The largest absolute Gasteiger partial charge is 0.354 e. The van der Waals surface area contributed by atoms with E-state index >= 15 is 0 Å². The summed E-state index contributed by atoms with van der Waals surface area (Å²) in [4.78, 5) is 28.3. The van der Waals surface area contributed by atoms with E-state index in [4.69, 9.17) is 0 Å². The molecule has 0 aliphatic carbocycles. The highest BCUT2D eigenvalue weighted by atomic mass is 32.2. The van der Waals surface area contributed by atoms with Gasteiger partial charge >= 0.3 is 0 Å². The number of carbonyl (C=O) groups is 2. The lowest BCUT2D eigenvalue weighted by atomic mass is 10.1. The summed E-state index contributed by atoms with van der Waals surface area (Å²) in [5, 5.41) is 2.94. The summed E-state index contributed by atoms with van der Waals surface area (Å²) >= 11 is 1.50. The fourth-order valence-electron chi connectivity index (χ4n) is 2.68. The molecule has 1 atom stereocenters. The van der Waals surface area contributed by atoms with E-state index in [1.54, 1.807) is 11.8 Å². The Morgan fingerprint density at radius 2 is 1.64 bits per heavy atom. The van der Waals surface area contributed by atoms with Crippen LogP contribution in [0.2, 0.25) is 0 Å². The number of nitrogens with one attached hydrogen (secondary N) is 1. The van der Waals surface area contributed by atoms with Gasteiger partial charge in [-0.25, -0.2) is 0 Å². The number of thioether (sulfide) groups is 1. The van der Waals surface area contributed by atoms with Gasteiger partial charge in [-0.3, -0.25) is 9.59 Å². The van der Waals surface area contributed by atoms with Gasteiger partial charge in [0.1, 0.15) is 6.04 Å². The molecule has 0 radical (unpaired) electrons. The van der Waals surface area contributed by atoms with Gasteiger partial charge in [-0.05, 0) is 37.5 Å². The van der Waals surface area contributed by atoms with Gasteiger partial charge in [0, 0.05) is 18.0 Å². The lowest BCUT2D eigenvalue weighted by Crippen LogP contribution is -2.48. The van der Waals surface area contributed by atoms with Crippen molar-refractivity contribution in [2.75, 3.05) is 12.3 Å². The topological polar surface area (TPSA) is 49.4 Å². The maximum Gasteiger partial charge on any atom is 0.242 e. The Balaban J connectivity index is 2.08. The molecule has 2 aromatic rings. The highest BCUT2D eigenvalue weighted by molar-refractivity contribution is 8.00. The first-order chi connectivity index (χ1) is 13.4. The molecule has 0 aliphatic heterocycles. The zero-order chi connectivity index (χ0) is 20.5. The summed E-state index contributed by atoms with van der Waals surface area (Å²) in [5.41, 5.74) is 2.21. The van der Waals surface area contributed by atoms with Crippen molar-refractivity contribution in [3.8, 4) is 0 Å². The first-order valence-corrected chi connectivity index (χ1v) is 10.7. The van der Waals surface area contributed by atoms with Crippen LogP contribution in [0, 0.1) is 12.8 Å². The van der Waals surface area contributed by atoms with Crippen molar-refractivity contribution in [2.24, 2.45) is 5.92 Å². The molecule has 0 bridgehead atoms. The number of hydrogen-bond acceptors (Lipinski definition) is 3. The summed E-state index contributed by atoms with van der Waals surface area (Å²) in [6.45, 7) is 8.97. The van der Waals surface area contributed by atoms with Crippen LogP contribution in [0.1, 0.15) is 31.9 Å². The van der Waals surface area contributed by atoms with Gasteiger partial charge in [-0.2, -0.15) is 0 Å². The second-order valence-electron chi connectivity index (χ2n) is 7.42. The van der Waals surface area contributed by atoms with E-state index in [1.807, 2.05) is 61.5 Å². The molecule has 4 nitrogen and oxygen atoms in total. The molecule has 0 spiro atoms. The number of hydrogen-bond donors (Lipinski definition) is 1. The van der Waals surface area contributed by atoms with E-state index in [-0.39, 0.29) is 11.8 Å². The molecule has 0 aliphatic rings. The number of benzene rings is 2. The Morgan fingerprint density at radius 3 is 2.25 bits per heavy atom. The van der Waals surface area contributed by atoms with E-state index in [9.17, 15) is 9.59 Å². The molecule has 0 aromatic heterocycles. The molecule has 28 heavy (non-hydrogen) atoms. The lowest BCUT2D eigenvalue weighted by Gasteiger charge is -2.29. The number of rotatable bonds is 9. The normalized spacial score (nSPS) is 11.9. The monoisotopic (exact) mass is 398 g/mol. The van der Waals surface area contributed by atoms with Gasteiger partial charge in [0.25, 0.3) is 0 Å². The van der Waals surface area contributed by atoms with Crippen molar-refractivity contribution in [1.29, 1.82) is 0 Å². The molecule has 2 rings (SSSR count). The van der Waals surface area contributed by atoms with Crippen molar-refractivity contribution < 1.29 is 9.59 Å². The molecular formula is C23H30N2O2S. The van der Waals surface area contributed by atoms with Crippen molar-refractivity contribution in [3.05, 3.63) is 65.7 Å². The van der Waals surface area contributed by atoms with Crippen LogP contribution < -0.4 is 5.32 Å². The van der Waals surface area contributed by atoms with Crippen LogP contribution in [0.3, 0.4) is 0 Å². The molecule has 0 unspecified atom stereocenters. The van der Waals surface area contributed by atoms with Crippen LogP contribution in [-0.2, 0) is 16.1 Å².